The molecule has 1 rings (SSSR count). The molecule has 0 bridgehead atoms. The van der Waals surface area contributed by atoms with Crippen LogP contribution in [0.25, 0.3) is 0 Å². The molecule has 0 saturated carbocycles. The van der Waals surface area contributed by atoms with E-state index < -0.39 is 39.4 Å². The van der Waals surface area contributed by atoms with E-state index in [1.165, 1.54) is 0 Å². The molecule has 0 aromatic carbocycles. The van der Waals surface area contributed by atoms with E-state index in [1.807, 2.05) is 0 Å². The average Bonchev–Trinajstić information content (AvgIpc) is 2.47. The average molecular weight is 352 g/mol. The number of nitriles is 1. The number of alkyl halides is 3. The lowest BCUT2D eigenvalue weighted by molar-refractivity contribution is -0.129. The number of halogens is 3. The van der Waals surface area contributed by atoms with E-state index in [4.69, 9.17) is 10.1 Å². The van der Waals surface area contributed by atoms with E-state index in [1.54, 1.807) is 18.2 Å². The van der Waals surface area contributed by atoms with Crippen molar-refractivity contribution in [2.45, 2.75) is 37.1 Å². The highest BCUT2D eigenvalue weighted by atomic mass is 32.2. The molecule has 130 valence electrons. The van der Waals surface area contributed by atoms with Gasteiger partial charge in [0, 0.05) is 5.70 Å². The first kappa shape index (κ1) is 19.5. The number of sulfone groups is 1. The number of hydrogen-bond donors (Lipinski definition) is 1. The summed E-state index contributed by atoms with van der Waals surface area (Å²) in [5.74, 6) is -1.56. The van der Waals surface area contributed by atoms with Crippen LogP contribution in [-0.2, 0) is 14.7 Å². The first-order valence-corrected chi connectivity index (χ1v) is 8.77. The molecular weight excluding hydrogens is 333 g/mol. The second kappa shape index (κ2) is 8.36. The van der Waals surface area contributed by atoms with Gasteiger partial charge in [-0.15, -0.1) is 6.58 Å². The van der Waals surface area contributed by atoms with Crippen molar-refractivity contribution in [3.63, 3.8) is 0 Å². The van der Waals surface area contributed by atoms with Crippen LogP contribution in [0.3, 0.4) is 0 Å². The van der Waals surface area contributed by atoms with Gasteiger partial charge in [0.05, 0.1) is 24.8 Å². The lowest BCUT2D eigenvalue weighted by atomic mass is 9.90. The first-order chi connectivity index (χ1) is 10.7. The maximum absolute atomic E-state index is 12.2. The van der Waals surface area contributed by atoms with Crippen molar-refractivity contribution >= 4 is 9.84 Å². The van der Waals surface area contributed by atoms with E-state index in [2.05, 4.69) is 12.1 Å². The third kappa shape index (κ3) is 6.62. The van der Waals surface area contributed by atoms with Gasteiger partial charge in [-0.3, -0.25) is 10.3 Å². The van der Waals surface area contributed by atoms with Gasteiger partial charge in [-0.1, -0.05) is 12.2 Å². The fourth-order valence-corrected chi connectivity index (χ4v) is 4.04. The Balaban J connectivity index is 2.66. The van der Waals surface area contributed by atoms with Gasteiger partial charge in [-0.25, -0.2) is 8.42 Å². The number of rotatable bonds is 8. The normalized spacial score (nSPS) is 20.3. The minimum Gasteiger partial charge on any atom is -0.272 e. The van der Waals surface area contributed by atoms with E-state index in [0.717, 1.165) is 5.70 Å². The lowest BCUT2D eigenvalue weighted by Gasteiger charge is -2.26. The zero-order valence-electron chi connectivity index (χ0n) is 12.5. The SMILES string of the molecule is C=CCONC1=CCC(C(C#N)S(=O)(=O)CCC(F)(F)F)CC1. The number of nitrogens with one attached hydrogen (secondary N) is 1. The molecule has 0 aromatic rings. The topological polar surface area (TPSA) is 79.2 Å². The molecule has 1 aliphatic carbocycles. The Kier molecular flexibility index (Phi) is 7.09. The molecule has 0 amide bonds. The van der Waals surface area contributed by atoms with Crippen molar-refractivity contribution in [1.29, 1.82) is 5.26 Å². The summed E-state index contributed by atoms with van der Waals surface area (Å²) in [5.41, 5.74) is 3.45. The van der Waals surface area contributed by atoms with E-state index in [-0.39, 0.29) is 0 Å². The van der Waals surface area contributed by atoms with Crippen molar-refractivity contribution in [2.24, 2.45) is 5.92 Å². The molecule has 23 heavy (non-hydrogen) atoms. The maximum Gasteiger partial charge on any atom is 0.390 e. The van der Waals surface area contributed by atoms with Crippen LogP contribution in [0.2, 0.25) is 0 Å². The van der Waals surface area contributed by atoms with Gasteiger partial charge in [0.15, 0.2) is 15.1 Å². The molecule has 0 heterocycles. The minimum atomic E-state index is -4.56. The highest BCUT2D eigenvalue weighted by Crippen LogP contribution is 2.30. The van der Waals surface area contributed by atoms with Gasteiger partial charge in [0.25, 0.3) is 0 Å². The molecule has 0 fully saturated rings. The molecule has 0 radical (unpaired) electrons. The highest BCUT2D eigenvalue weighted by Gasteiger charge is 2.37. The zero-order valence-corrected chi connectivity index (χ0v) is 13.3. The summed E-state index contributed by atoms with van der Waals surface area (Å²) < 4.78 is 60.6. The van der Waals surface area contributed by atoms with Crippen LogP contribution in [0, 0.1) is 17.2 Å². The standard InChI is InChI=1S/C14H19F3N2O3S/c1-2-8-22-19-12-5-3-11(4-6-12)13(10-18)23(20,21)9-7-14(15,16)17/h2,5,11,13,19H,1,3-4,6-9H2. The molecule has 1 aliphatic rings. The summed E-state index contributed by atoms with van der Waals surface area (Å²) in [6.45, 7) is 3.78. The zero-order chi connectivity index (χ0) is 17.5. The molecule has 2 unspecified atom stereocenters. The fraction of sp³-hybridized carbons (Fsp3) is 0.643. The number of nitrogens with zero attached hydrogens (tertiary/aromatic N) is 1. The summed E-state index contributed by atoms with van der Waals surface area (Å²) in [5, 5.41) is 7.68. The Bertz CT molecular complexity index is 579. The van der Waals surface area contributed by atoms with E-state index >= 15 is 0 Å². The van der Waals surface area contributed by atoms with Gasteiger partial charge < -0.3 is 0 Å². The summed E-state index contributed by atoms with van der Waals surface area (Å²) in [6.07, 6.45) is -1.58. The minimum absolute atomic E-state index is 0.295. The van der Waals surface area contributed by atoms with Crippen LogP contribution in [0.15, 0.2) is 24.4 Å². The van der Waals surface area contributed by atoms with Crippen molar-refractivity contribution < 1.29 is 26.4 Å². The van der Waals surface area contributed by atoms with Gasteiger partial charge in [0.1, 0.15) is 0 Å². The molecule has 5 nitrogen and oxygen atoms in total. The van der Waals surface area contributed by atoms with E-state index in [0.29, 0.717) is 25.9 Å². The molecule has 9 heteroatoms. The Morgan fingerprint density at radius 2 is 2.26 bits per heavy atom. The third-order valence-electron chi connectivity index (χ3n) is 3.47. The van der Waals surface area contributed by atoms with Crippen molar-refractivity contribution in [3.8, 4) is 6.07 Å². The smallest absolute Gasteiger partial charge is 0.272 e. The van der Waals surface area contributed by atoms with Crippen LogP contribution in [0.5, 0.6) is 0 Å². The number of allylic oxidation sites excluding steroid dienone is 2. The molecule has 0 aliphatic heterocycles. The number of hydrogen-bond acceptors (Lipinski definition) is 5. The Morgan fingerprint density at radius 1 is 1.57 bits per heavy atom. The molecule has 2 atom stereocenters. The van der Waals surface area contributed by atoms with E-state index in [9.17, 15) is 21.6 Å². The summed E-state index contributed by atoms with van der Waals surface area (Å²) >= 11 is 0. The van der Waals surface area contributed by atoms with Gasteiger partial charge in [-0.2, -0.15) is 18.4 Å². The van der Waals surface area contributed by atoms with Crippen LogP contribution in [-0.4, -0.2) is 32.2 Å². The molecule has 1 N–H and O–H groups in total. The second-order valence-corrected chi connectivity index (χ2v) is 7.49. The molecule has 0 aromatic heterocycles. The fourth-order valence-electron chi connectivity index (χ4n) is 2.28. The van der Waals surface area contributed by atoms with Crippen LogP contribution in [0.4, 0.5) is 13.2 Å². The highest BCUT2D eigenvalue weighted by molar-refractivity contribution is 7.92. The third-order valence-corrected chi connectivity index (χ3v) is 5.51. The quantitative estimate of drug-likeness (QED) is 0.413. The number of hydroxylamine groups is 1. The summed E-state index contributed by atoms with van der Waals surface area (Å²) in [6, 6.07) is 1.67. The second-order valence-electron chi connectivity index (χ2n) is 5.25. The van der Waals surface area contributed by atoms with Crippen molar-refractivity contribution in [1.82, 2.24) is 5.48 Å². The lowest BCUT2D eigenvalue weighted by Crippen LogP contribution is -2.33. The molecule has 0 spiro atoms. The summed E-state index contributed by atoms with van der Waals surface area (Å²) in [4.78, 5) is 5.04. The predicted octanol–water partition coefficient (Wildman–Crippen LogP) is 2.64. The van der Waals surface area contributed by atoms with Crippen LogP contribution < -0.4 is 5.48 Å². The Morgan fingerprint density at radius 3 is 2.74 bits per heavy atom. The van der Waals surface area contributed by atoms with Crippen LogP contribution in [0.1, 0.15) is 25.7 Å². The first-order valence-electron chi connectivity index (χ1n) is 7.05. The van der Waals surface area contributed by atoms with Gasteiger partial charge in [-0.05, 0) is 25.2 Å². The summed E-state index contributed by atoms with van der Waals surface area (Å²) in [7, 11) is -4.12. The van der Waals surface area contributed by atoms with Gasteiger partial charge in [0.2, 0.25) is 0 Å². The van der Waals surface area contributed by atoms with Crippen molar-refractivity contribution in [3.05, 3.63) is 24.4 Å². The maximum atomic E-state index is 12.2. The molecular formula is C14H19F3N2O3S. The predicted molar refractivity (Wildman–Crippen MR) is 78.6 cm³/mol. The van der Waals surface area contributed by atoms with Crippen LogP contribution >= 0.6 is 0 Å². The molecule has 0 saturated heterocycles. The Hall–Kier alpha value is -1.53. The largest absolute Gasteiger partial charge is 0.390 e. The van der Waals surface area contributed by atoms with Gasteiger partial charge >= 0.3 is 6.18 Å². The van der Waals surface area contributed by atoms with Crippen molar-refractivity contribution in [2.75, 3.05) is 12.4 Å². The monoisotopic (exact) mass is 352 g/mol. The Labute approximate surface area is 133 Å².